The van der Waals surface area contributed by atoms with E-state index in [0.717, 1.165) is 11.4 Å². The molecule has 0 unspecified atom stereocenters. The van der Waals surface area contributed by atoms with E-state index in [-0.39, 0.29) is 0 Å². The molecule has 5 aromatic rings. The van der Waals surface area contributed by atoms with Crippen molar-refractivity contribution >= 4 is 39.4 Å². The quantitative estimate of drug-likeness (QED) is 0.245. The van der Waals surface area contributed by atoms with Crippen LogP contribution < -0.4 is 4.90 Å². The molecule has 0 fully saturated rings. The van der Waals surface area contributed by atoms with Crippen molar-refractivity contribution < 1.29 is 0 Å². The summed E-state index contributed by atoms with van der Waals surface area (Å²) >= 11 is 1.81. The van der Waals surface area contributed by atoms with Crippen molar-refractivity contribution in [3.8, 4) is 0 Å². The van der Waals surface area contributed by atoms with Gasteiger partial charge in [-0.15, -0.1) is 11.3 Å². The van der Waals surface area contributed by atoms with E-state index >= 15 is 0 Å². The maximum absolute atomic E-state index is 2.34. The van der Waals surface area contributed by atoms with E-state index < -0.39 is 0 Å². The Bertz CT molecular complexity index is 1290. The maximum atomic E-state index is 2.34. The highest BCUT2D eigenvalue weighted by Crippen LogP contribution is 2.40. The van der Waals surface area contributed by atoms with Gasteiger partial charge < -0.3 is 4.90 Å². The SMILES string of the molecule is Cc1ccc(N(c2ccc(C)cc2)c2ccc(C=C(c3ccccc3)c3ccccc3)s2)cc1. The lowest BCUT2D eigenvalue weighted by molar-refractivity contribution is 1.29. The Morgan fingerprint density at radius 2 is 1.03 bits per heavy atom. The zero-order valence-electron chi connectivity index (χ0n) is 19.5. The van der Waals surface area contributed by atoms with E-state index in [0.29, 0.717) is 0 Å². The summed E-state index contributed by atoms with van der Waals surface area (Å²) < 4.78 is 0. The molecule has 0 N–H and O–H groups in total. The smallest absolute Gasteiger partial charge is 0.100 e. The van der Waals surface area contributed by atoms with Crippen LogP contribution in [-0.4, -0.2) is 0 Å². The van der Waals surface area contributed by atoms with Crippen molar-refractivity contribution in [3.63, 3.8) is 0 Å². The number of hydrogen-bond donors (Lipinski definition) is 0. The minimum Gasteiger partial charge on any atom is -0.302 e. The number of anilines is 3. The third kappa shape index (κ3) is 4.88. The third-order valence-corrected chi connectivity index (χ3v) is 6.89. The lowest BCUT2D eigenvalue weighted by Crippen LogP contribution is -2.08. The summed E-state index contributed by atoms with van der Waals surface area (Å²) in [6.45, 7) is 4.26. The first kappa shape index (κ1) is 21.9. The van der Waals surface area contributed by atoms with Gasteiger partial charge in [-0.05, 0) is 73.0 Å². The molecule has 0 amide bonds. The van der Waals surface area contributed by atoms with Gasteiger partial charge in [-0.25, -0.2) is 0 Å². The molecule has 0 spiro atoms. The summed E-state index contributed by atoms with van der Waals surface area (Å²) in [6.07, 6.45) is 2.31. The van der Waals surface area contributed by atoms with Crippen LogP contribution in [0.15, 0.2) is 121 Å². The van der Waals surface area contributed by atoms with Gasteiger partial charge in [0.25, 0.3) is 0 Å². The summed E-state index contributed by atoms with van der Waals surface area (Å²) in [5.74, 6) is 0. The Balaban J connectivity index is 1.58. The molecule has 0 aliphatic rings. The summed E-state index contributed by atoms with van der Waals surface area (Å²) in [7, 11) is 0. The minimum absolute atomic E-state index is 1.16. The fourth-order valence-electron chi connectivity index (χ4n) is 4.04. The molecule has 4 aromatic carbocycles. The van der Waals surface area contributed by atoms with Crippen LogP contribution in [0.5, 0.6) is 0 Å². The molecule has 0 aliphatic heterocycles. The molecule has 1 aromatic heterocycles. The van der Waals surface area contributed by atoms with Gasteiger partial charge in [-0.1, -0.05) is 96.1 Å². The number of rotatable bonds is 6. The van der Waals surface area contributed by atoms with Crippen LogP contribution in [0.2, 0.25) is 0 Å². The lowest BCUT2D eigenvalue weighted by Gasteiger charge is -2.24. The van der Waals surface area contributed by atoms with Crippen LogP contribution in [0.3, 0.4) is 0 Å². The molecule has 0 bridgehead atoms. The van der Waals surface area contributed by atoms with Crippen LogP contribution >= 0.6 is 11.3 Å². The molecule has 1 nitrogen and oxygen atoms in total. The van der Waals surface area contributed by atoms with E-state index in [1.54, 1.807) is 11.3 Å². The molecular formula is C32H27NS. The first-order valence-electron chi connectivity index (χ1n) is 11.5. The fourth-order valence-corrected chi connectivity index (χ4v) is 5.03. The average Bonchev–Trinajstić information content (AvgIpc) is 3.34. The number of thiophene rings is 1. The Morgan fingerprint density at radius 1 is 0.559 bits per heavy atom. The second-order valence-corrected chi connectivity index (χ2v) is 9.57. The fraction of sp³-hybridized carbons (Fsp3) is 0.0625. The van der Waals surface area contributed by atoms with E-state index in [9.17, 15) is 0 Å². The first-order chi connectivity index (χ1) is 16.7. The van der Waals surface area contributed by atoms with Gasteiger partial charge in [-0.2, -0.15) is 0 Å². The van der Waals surface area contributed by atoms with Crippen molar-refractivity contribution in [1.29, 1.82) is 0 Å². The number of nitrogens with zero attached hydrogens (tertiary/aromatic N) is 1. The molecule has 166 valence electrons. The largest absolute Gasteiger partial charge is 0.302 e. The van der Waals surface area contributed by atoms with E-state index in [1.165, 1.54) is 37.7 Å². The molecule has 0 saturated carbocycles. The van der Waals surface area contributed by atoms with Crippen LogP contribution in [0.4, 0.5) is 16.4 Å². The third-order valence-electron chi connectivity index (χ3n) is 5.87. The van der Waals surface area contributed by atoms with Gasteiger partial charge in [0.2, 0.25) is 0 Å². The minimum atomic E-state index is 1.16. The second kappa shape index (κ2) is 9.94. The van der Waals surface area contributed by atoms with E-state index in [4.69, 9.17) is 0 Å². The Hall–Kier alpha value is -3.88. The number of hydrogen-bond acceptors (Lipinski definition) is 2. The predicted molar refractivity (Wildman–Crippen MR) is 148 cm³/mol. The highest BCUT2D eigenvalue weighted by molar-refractivity contribution is 7.17. The van der Waals surface area contributed by atoms with Crippen LogP contribution in [0, 0.1) is 13.8 Å². The second-order valence-electron chi connectivity index (χ2n) is 8.47. The molecule has 0 saturated heterocycles. The Kier molecular flexibility index (Phi) is 6.42. The highest BCUT2D eigenvalue weighted by atomic mass is 32.1. The molecule has 0 radical (unpaired) electrons. The Labute approximate surface area is 206 Å². The predicted octanol–water partition coefficient (Wildman–Crippen LogP) is 9.42. The monoisotopic (exact) mass is 457 g/mol. The summed E-state index contributed by atoms with van der Waals surface area (Å²) in [5.41, 5.74) is 8.52. The highest BCUT2D eigenvalue weighted by Gasteiger charge is 2.15. The summed E-state index contributed by atoms with van der Waals surface area (Å²) in [5, 5.41) is 1.19. The summed E-state index contributed by atoms with van der Waals surface area (Å²) in [6, 6.07) is 43.2. The van der Waals surface area contributed by atoms with Crippen LogP contribution in [0.1, 0.15) is 27.1 Å². The number of benzene rings is 4. The van der Waals surface area contributed by atoms with Gasteiger partial charge in [0.15, 0.2) is 0 Å². The van der Waals surface area contributed by atoms with Crippen LogP contribution in [-0.2, 0) is 0 Å². The topological polar surface area (TPSA) is 3.24 Å². The lowest BCUT2D eigenvalue weighted by atomic mass is 9.97. The maximum Gasteiger partial charge on any atom is 0.100 e. The zero-order chi connectivity index (χ0) is 23.3. The molecule has 34 heavy (non-hydrogen) atoms. The van der Waals surface area contributed by atoms with Crippen molar-refractivity contribution in [2.75, 3.05) is 4.90 Å². The van der Waals surface area contributed by atoms with Gasteiger partial charge in [-0.3, -0.25) is 0 Å². The van der Waals surface area contributed by atoms with Crippen molar-refractivity contribution in [2.45, 2.75) is 13.8 Å². The zero-order valence-corrected chi connectivity index (χ0v) is 20.3. The van der Waals surface area contributed by atoms with Gasteiger partial charge in [0.05, 0.1) is 0 Å². The molecule has 5 rings (SSSR count). The van der Waals surface area contributed by atoms with Crippen molar-refractivity contribution in [2.24, 2.45) is 0 Å². The molecule has 0 aliphatic carbocycles. The standard InChI is InChI=1S/C32H27NS/c1-24-13-17-28(18-14-24)33(29-19-15-25(2)16-20-29)32-22-21-30(34-32)23-31(26-9-5-3-6-10-26)27-11-7-4-8-12-27/h3-23H,1-2H3. The summed E-state index contributed by atoms with van der Waals surface area (Å²) in [4.78, 5) is 3.56. The average molecular weight is 458 g/mol. The van der Waals surface area contributed by atoms with Gasteiger partial charge >= 0.3 is 0 Å². The van der Waals surface area contributed by atoms with Crippen molar-refractivity contribution in [3.05, 3.63) is 148 Å². The van der Waals surface area contributed by atoms with E-state index in [2.05, 4.69) is 146 Å². The first-order valence-corrected chi connectivity index (χ1v) is 12.3. The molecule has 0 atom stereocenters. The number of aryl methyl sites for hydroxylation is 2. The van der Waals surface area contributed by atoms with Gasteiger partial charge in [0, 0.05) is 16.3 Å². The Morgan fingerprint density at radius 3 is 1.50 bits per heavy atom. The van der Waals surface area contributed by atoms with Crippen molar-refractivity contribution in [1.82, 2.24) is 0 Å². The van der Waals surface area contributed by atoms with E-state index in [1.807, 2.05) is 0 Å². The van der Waals surface area contributed by atoms with Crippen LogP contribution in [0.25, 0.3) is 11.6 Å². The normalized spacial score (nSPS) is 10.6. The molecule has 2 heteroatoms. The molecule has 1 heterocycles. The molecular weight excluding hydrogens is 430 g/mol. The van der Waals surface area contributed by atoms with Gasteiger partial charge in [0.1, 0.15) is 5.00 Å².